The second-order valence-corrected chi connectivity index (χ2v) is 2.80. The average molecular weight is 144 g/mol. The molecule has 59 valence electrons. The highest BCUT2D eigenvalue weighted by atomic mass is 16.3. The molecule has 1 N–H and O–H groups in total. The summed E-state index contributed by atoms with van der Waals surface area (Å²) in [5.74, 6) is 0. The van der Waals surface area contributed by atoms with Gasteiger partial charge in [0.2, 0.25) is 0 Å². The van der Waals surface area contributed by atoms with Crippen LogP contribution in [-0.4, -0.2) is 42.4 Å². The van der Waals surface area contributed by atoms with Crippen molar-refractivity contribution in [1.29, 1.82) is 0 Å². The molecule has 1 aliphatic rings. The average Bonchev–Trinajstić information content (AvgIpc) is 2.31. The van der Waals surface area contributed by atoms with Crippen LogP contribution in [0.25, 0.3) is 0 Å². The molecule has 1 atom stereocenters. The van der Waals surface area contributed by atoms with Crippen molar-refractivity contribution in [3.63, 3.8) is 0 Å². The van der Waals surface area contributed by atoms with Crippen molar-refractivity contribution in [3.8, 4) is 0 Å². The van der Waals surface area contributed by atoms with E-state index in [0.717, 1.165) is 26.1 Å². The maximum absolute atomic E-state index is 10.1. The van der Waals surface area contributed by atoms with Gasteiger partial charge in [-0.3, -0.25) is 0 Å². The number of rotatable bonds is 3. The van der Waals surface area contributed by atoms with E-state index in [1.165, 1.54) is 0 Å². The third-order valence-corrected chi connectivity index (χ3v) is 1.87. The summed E-state index contributed by atoms with van der Waals surface area (Å²) in [6.07, 6.45) is 1.44. The molecule has 1 saturated heterocycles. The van der Waals surface area contributed by atoms with E-state index in [4.69, 9.17) is 5.11 Å². The van der Waals surface area contributed by atoms with E-state index in [9.17, 15) is 5.11 Å². The maximum atomic E-state index is 10.1. The van der Waals surface area contributed by atoms with Gasteiger partial charge in [-0.1, -0.05) is 0 Å². The van der Waals surface area contributed by atoms with Crippen LogP contribution in [-0.2, 0) is 5.11 Å². The Morgan fingerprint density at radius 3 is 2.90 bits per heavy atom. The molecule has 0 amide bonds. The number of aliphatic hydroxyl groups excluding tert-OH is 1. The molecule has 0 aromatic rings. The summed E-state index contributed by atoms with van der Waals surface area (Å²) in [4.78, 5) is 2.14. The standard InChI is InChI=1S/C7H14NO2/c9-5-1-3-8-4-2-7(10)6-8/h7,10H,1-6H2/t7-/m1/s1. The van der Waals surface area contributed by atoms with Gasteiger partial charge in [-0.15, -0.1) is 0 Å². The Morgan fingerprint density at radius 2 is 2.40 bits per heavy atom. The zero-order valence-corrected chi connectivity index (χ0v) is 6.12. The van der Waals surface area contributed by atoms with E-state index in [-0.39, 0.29) is 12.7 Å². The minimum absolute atomic E-state index is 0.00654. The van der Waals surface area contributed by atoms with Crippen molar-refractivity contribution in [1.82, 2.24) is 4.90 Å². The smallest absolute Gasteiger partial charge is 0.0834 e. The number of likely N-dealkylation sites (tertiary alicyclic amines) is 1. The van der Waals surface area contributed by atoms with Crippen LogP contribution in [0.2, 0.25) is 0 Å². The third-order valence-electron chi connectivity index (χ3n) is 1.87. The number of β-amino-alcohol motifs (C(OH)–C–C–N with tert-alkyl or cyclic N) is 1. The van der Waals surface area contributed by atoms with Crippen molar-refractivity contribution >= 4 is 0 Å². The lowest BCUT2D eigenvalue weighted by Gasteiger charge is -2.12. The fourth-order valence-electron chi connectivity index (χ4n) is 1.30. The number of nitrogens with zero attached hydrogens (tertiary/aromatic N) is 1. The van der Waals surface area contributed by atoms with Crippen LogP contribution in [0.4, 0.5) is 0 Å². The van der Waals surface area contributed by atoms with Crippen LogP contribution in [0.1, 0.15) is 12.8 Å². The summed E-state index contributed by atoms with van der Waals surface area (Å²) in [5.41, 5.74) is 0. The lowest BCUT2D eigenvalue weighted by atomic mass is 10.3. The van der Waals surface area contributed by atoms with E-state index in [0.29, 0.717) is 6.42 Å². The minimum atomic E-state index is -0.147. The molecule has 0 unspecified atom stereocenters. The largest absolute Gasteiger partial charge is 0.392 e. The van der Waals surface area contributed by atoms with E-state index < -0.39 is 0 Å². The van der Waals surface area contributed by atoms with Gasteiger partial charge < -0.3 is 10.0 Å². The molecule has 0 aliphatic carbocycles. The van der Waals surface area contributed by atoms with Gasteiger partial charge in [0, 0.05) is 19.6 Å². The monoisotopic (exact) mass is 144 g/mol. The Labute approximate surface area is 61.3 Å². The van der Waals surface area contributed by atoms with Gasteiger partial charge in [0.05, 0.1) is 12.7 Å². The molecule has 0 aromatic heterocycles. The summed E-state index contributed by atoms with van der Waals surface area (Å²) in [5, 5.41) is 19.2. The van der Waals surface area contributed by atoms with Crippen molar-refractivity contribution in [2.24, 2.45) is 0 Å². The van der Waals surface area contributed by atoms with Crippen molar-refractivity contribution in [2.45, 2.75) is 18.9 Å². The Balaban J connectivity index is 2.06. The van der Waals surface area contributed by atoms with Crippen LogP contribution < -0.4 is 0 Å². The van der Waals surface area contributed by atoms with Gasteiger partial charge in [0.15, 0.2) is 0 Å². The van der Waals surface area contributed by atoms with Gasteiger partial charge in [-0.2, -0.15) is 0 Å². The zero-order chi connectivity index (χ0) is 7.40. The lowest BCUT2D eigenvalue weighted by Crippen LogP contribution is -2.23. The normalized spacial score (nSPS) is 27.6. The van der Waals surface area contributed by atoms with E-state index in [1.54, 1.807) is 0 Å². The van der Waals surface area contributed by atoms with Gasteiger partial charge in [-0.25, -0.2) is 5.11 Å². The van der Waals surface area contributed by atoms with Gasteiger partial charge in [-0.05, 0) is 12.8 Å². The van der Waals surface area contributed by atoms with Gasteiger partial charge in [0.25, 0.3) is 0 Å². The lowest BCUT2D eigenvalue weighted by molar-refractivity contribution is 0.156. The first kappa shape index (κ1) is 7.98. The minimum Gasteiger partial charge on any atom is -0.392 e. The van der Waals surface area contributed by atoms with Crippen LogP contribution >= 0.6 is 0 Å². The number of hydrogen-bond acceptors (Lipinski definition) is 2. The molecule has 3 nitrogen and oxygen atoms in total. The third kappa shape index (κ3) is 2.25. The summed E-state index contributed by atoms with van der Waals surface area (Å²) in [6.45, 7) is 2.59. The second-order valence-electron chi connectivity index (χ2n) is 2.80. The number of hydrogen-bond donors (Lipinski definition) is 1. The maximum Gasteiger partial charge on any atom is 0.0834 e. The van der Waals surface area contributed by atoms with Crippen LogP contribution in [0, 0.1) is 0 Å². The highest BCUT2D eigenvalue weighted by Crippen LogP contribution is 2.08. The molecule has 1 radical (unpaired) electrons. The molecule has 1 fully saturated rings. The van der Waals surface area contributed by atoms with Gasteiger partial charge >= 0.3 is 0 Å². The molecule has 1 aliphatic heterocycles. The molecular formula is C7H14NO2. The molecule has 1 heterocycles. The molecule has 0 bridgehead atoms. The summed E-state index contributed by atoms with van der Waals surface area (Å²) in [7, 11) is 0. The predicted octanol–water partition coefficient (Wildman–Crippen LogP) is -0.126. The molecule has 0 spiro atoms. The fourth-order valence-corrected chi connectivity index (χ4v) is 1.30. The summed E-state index contributed by atoms with van der Waals surface area (Å²) in [6, 6.07) is 0. The Hall–Kier alpha value is -0.120. The van der Waals surface area contributed by atoms with E-state index >= 15 is 0 Å². The van der Waals surface area contributed by atoms with Crippen molar-refractivity contribution in [2.75, 3.05) is 26.2 Å². The second kappa shape index (κ2) is 3.91. The zero-order valence-electron chi connectivity index (χ0n) is 6.12. The van der Waals surface area contributed by atoms with Crippen LogP contribution in [0.5, 0.6) is 0 Å². The van der Waals surface area contributed by atoms with Gasteiger partial charge in [0.1, 0.15) is 0 Å². The summed E-state index contributed by atoms with van der Waals surface area (Å²) < 4.78 is 0. The molecule has 3 heteroatoms. The molecule has 1 rings (SSSR count). The summed E-state index contributed by atoms with van der Waals surface area (Å²) >= 11 is 0. The van der Waals surface area contributed by atoms with E-state index in [2.05, 4.69) is 4.90 Å². The topological polar surface area (TPSA) is 43.4 Å². The van der Waals surface area contributed by atoms with Crippen molar-refractivity contribution in [3.05, 3.63) is 0 Å². The highest BCUT2D eigenvalue weighted by Gasteiger charge is 2.18. The Bertz CT molecular complexity index is 97.6. The Kier molecular flexibility index (Phi) is 3.12. The van der Waals surface area contributed by atoms with Crippen LogP contribution in [0.15, 0.2) is 0 Å². The molecule has 10 heavy (non-hydrogen) atoms. The Morgan fingerprint density at radius 1 is 1.60 bits per heavy atom. The highest BCUT2D eigenvalue weighted by molar-refractivity contribution is 4.73. The number of aliphatic hydroxyl groups is 1. The quantitative estimate of drug-likeness (QED) is 0.599. The van der Waals surface area contributed by atoms with E-state index in [1.807, 2.05) is 0 Å². The predicted molar refractivity (Wildman–Crippen MR) is 37.2 cm³/mol. The van der Waals surface area contributed by atoms with Crippen molar-refractivity contribution < 1.29 is 10.2 Å². The first-order valence-corrected chi connectivity index (χ1v) is 3.81. The molecule has 0 aromatic carbocycles. The molecular weight excluding hydrogens is 130 g/mol. The first-order chi connectivity index (χ1) is 4.83. The SMILES string of the molecule is [O]CCCN1CC[C@@H](O)C1. The fraction of sp³-hybridized carbons (Fsp3) is 1.00. The molecule has 0 saturated carbocycles. The first-order valence-electron chi connectivity index (χ1n) is 3.81. The van der Waals surface area contributed by atoms with Crippen LogP contribution in [0.3, 0.4) is 0 Å².